The monoisotopic (exact) mass is 421 g/mol. The van der Waals surface area contributed by atoms with Gasteiger partial charge < -0.3 is 4.90 Å². The van der Waals surface area contributed by atoms with Crippen LogP contribution in [0.5, 0.6) is 0 Å². The molecule has 0 saturated carbocycles. The molecule has 3 rings (SSSR count). The van der Waals surface area contributed by atoms with Gasteiger partial charge in [0.15, 0.2) is 0 Å². The minimum absolute atomic E-state index is 0.182. The number of hydrogen-bond acceptors (Lipinski definition) is 4. The normalized spacial score (nSPS) is 20.7. The molecule has 2 aliphatic heterocycles. The van der Waals surface area contributed by atoms with Gasteiger partial charge in [0.25, 0.3) is 0 Å². The average molecular weight is 422 g/mol. The summed E-state index contributed by atoms with van der Waals surface area (Å²) in [6.07, 6.45) is 3.37. The third kappa shape index (κ3) is 4.37. The maximum absolute atomic E-state index is 13.4. The number of benzene rings is 1. The van der Waals surface area contributed by atoms with Gasteiger partial charge in [-0.05, 0) is 76.1 Å². The lowest BCUT2D eigenvalue weighted by molar-refractivity contribution is -0.137. The Balaban J connectivity index is 1.71. The van der Waals surface area contributed by atoms with Crippen LogP contribution in [-0.4, -0.2) is 73.7 Å². The highest BCUT2D eigenvalue weighted by Gasteiger charge is 2.35. The van der Waals surface area contributed by atoms with E-state index in [-0.39, 0.29) is 11.9 Å². The maximum atomic E-state index is 13.4. The number of piperazine rings is 1. The van der Waals surface area contributed by atoms with Crippen molar-refractivity contribution < 1.29 is 13.2 Å². The van der Waals surface area contributed by atoms with Crippen LogP contribution in [0.2, 0.25) is 0 Å². The summed E-state index contributed by atoms with van der Waals surface area (Å²) in [5.74, 6) is 0.182. The molecule has 0 bridgehead atoms. The zero-order chi connectivity index (χ0) is 21.3. The van der Waals surface area contributed by atoms with Crippen LogP contribution in [0.15, 0.2) is 11.0 Å². The molecule has 0 unspecified atom stereocenters. The Bertz CT molecular complexity index is 842. The van der Waals surface area contributed by atoms with Gasteiger partial charge in [-0.2, -0.15) is 4.31 Å². The Morgan fingerprint density at radius 1 is 0.862 bits per heavy atom. The van der Waals surface area contributed by atoms with Crippen LogP contribution in [0.4, 0.5) is 0 Å². The third-order valence-corrected chi connectivity index (χ3v) is 8.91. The first-order valence-corrected chi connectivity index (χ1v) is 12.2. The molecule has 0 spiro atoms. The fourth-order valence-corrected chi connectivity index (χ4v) is 6.56. The van der Waals surface area contributed by atoms with Crippen molar-refractivity contribution in [3.05, 3.63) is 28.3 Å². The number of carbonyl (C=O) groups excluding carboxylic acids is 1. The highest BCUT2D eigenvalue weighted by Crippen LogP contribution is 2.29. The van der Waals surface area contributed by atoms with E-state index in [4.69, 9.17) is 0 Å². The summed E-state index contributed by atoms with van der Waals surface area (Å²) in [5, 5.41) is 0. The Kier molecular flexibility index (Phi) is 6.70. The molecule has 162 valence electrons. The Hall–Kier alpha value is -1.44. The molecule has 1 aromatic rings. The van der Waals surface area contributed by atoms with E-state index < -0.39 is 10.0 Å². The standard InChI is InChI=1S/C22H35N3O3S/c1-16-15-17(2)19(4)21(18(16)3)29(27,28)25-13-11-23(12-14-25)20(5)22(26)24-9-7-6-8-10-24/h15,20H,6-14H2,1-5H3/t20-/m0/s1. The van der Waals surface area contributed by atoms with Crippen molar-refractivity contribution in [1.82, 2.24) is 14.1 Å². The smallest absolute Gasteiger partial charge is 0.243 e. The Morgan fingerprint density at radius 3 is 1.90 bits per heavy atom. The van der Waals surface area contributed by atoms with Gasteiger partial charge in [0.05, 0.1) is 10.9 Å². The fraction of sp³-hybridized carbons (Fsp3) is 0.682. The van der Waals surface area contributed by atoms with Crippen LogP contribution in [0.3, 0.4) is 0 Å². The topological polar surface area (TPSA) is 60.9 Å². The van der Waals surface area contributed by atoms with Crippen molar-refractivity contribution in [2.24, 2.45) is 0 Å². The van der Waals surface area contributed by atoms with Gasteiger partial charge in [0, 0.05) is 39.3 Å². The summed E-state index contributed by atoms with van der Waals surface area (Å²) in [5.41, 5.74) is 3.69. The molecule has 7 heteroatoms. The Labute approximate surface area is 175 Å². The first kappa shape index (κ1) is 22.2. The van der Waals surface area contributed by atoms with Gasteiger partial charge in [0.1, 0.15) is 0 Å². The highest BCUT2D eigenvalue weighted by atomic mass is 32.2. The summed E-state index contributed by atoms with van der Waals surface area (Å²) in [4.78, 5) is 17.4. The van der Waals surface area contributed by atoms with Crippen LogP contribution in [-0.2, 0) is 14.8 Å². The lowest BCUT2D eigenvalue weighted by Gasteiger charge is -2.39. The molecular weight excluding hydrogens is 386 g/mol. The van der Waals surface area contributed by atoms with E-state index in [0.717, 1.165) is 48.2 Å². The van der Waals surface area contributed by atoms with Gasteiger partial charge in [-0.3, -0.25) is 9.69 Å². The molecular formula is C22H35N3O3S. The minimum atomic E-state index is -3.55. The molecule has 0 aliphatic carbocycles. The molecule has 29 heavy (non-hydrogen) atoms. The number of nitrogens with zero attached hydrogens (tertiary/aromatic N) is 3. The molecule has 1 aromatic carbocycles. The first-order chi connectivity index (χ1) is 13.6. The largest absolute Gasteiger partial charge is 0.341 e. The van der Waals surface area contributed by atoms with E-state index in [0.29, 0.717) is 31.1 Å². The molecule has 0 aromatic heterocycles. The van der Waals surface area contributed by atoms with Crippen molar-refractivity contribution >= 4 is 15.9 Å². The van der Waals surface area contributed by atoms with Crippen molar-refractivity contribution in [1.29, 1.82) is 0 Å². The van der Waals surface area contributed by atoms with E-state index in [1.54, 1.807) is 4.31 Å². The number of amides is 1. The van der Waals surface area contributed by atoms with Gasteiger partial charge >= 0.3 is 0 Å². The van der Waals surface area contributed by atoms with E-state index in [2.05, 4.69) is 11.0 Å². The van der Waals surface area contributed by atoms with Gasteiger partial charge in [-0.25, -0.2) is 8.42 Å². The number of hydrogen-bond donors (Lipinski definition) is 0. The second-order valence-electron chi connectivity index (χ2n) is 8.59. The van der Waals surface area contributed by atoms with E-state index in [1.165, 1.54) is 6.42 Å². The summed E-state index contributed by atoms with van der Waals surface area (Å²) < 4.78 is 28.4. The predicted molar refractivity (Wildman–Crippen MR) is 116 cm³/mol. The molecule has 2 saturated heterocycles. The third-order valence-electron chi connectivity index (χ3n) is 6.74. The van der Waals surface area contributed by atoms with E-state index >= 15 is 0 Å². The molecule has 2 fully saturated rings. The minimum Gasteiger partial charge on any atom is -0.341 e. The quantitative estimate of drug-likeness (QED) is 0.750. The van der Waals surface area contributed by atoms with Crippen LogP contribution in [0.1, 0.15) is 48.4 Å². The predicted octanol–water partition coefficient (Wildman–Crippen LogP) is 2.63. The number of likely N-dealkylation sites (tertiary alicyclic amines) is 1. The van der Waals surface area contributed by atoms with E-state index in [1.807, 2.05) is 39.5 Å². The maximum Gasteiger partial charge on any atom is 0.243 e. The summed E-state index contributed by atoms with van der Waals surface area (Å²) >= 11 is 0. The molecule has 0 radical (unpaired) electrons. The zero-order valence-electron chi connectivity index (χ0n) is 18.5. The van der Waals surface area contributed by atoms with E-state index in [9.17, 15) is 13.2 Å². The first-order valence-electron chi connectivity index (χ1n) is 10.7. The molecule has 2 heterocycles. The second kappa shape index (κ2) is 8.74. The number of aryl methyl sites for hydroxylation is 2. The van der Waals surface area contributed by atoms with Crippen LogP contribution in [0.25, 0.3) is 0 Å². The lowest BCUT2D eigenvalue weighted by atomic mass is 10.0. The van der Waals surface area contributed by atoms with Gasteiger partial charge in [0.2, 0.25) is 15.9 Å². The highest BCUT2D eigenvalue weighted by molar-refractivity contribution is 7.89. The summed E-state index contributed by atoms with van der Waals surface area (Å²) in [7, 11) is -3.55. The van der Waals surface area contributed by atoms with Gasteiger partial charge in [-0.1, -0.05) is 6.07 Å². The SMILES string of the molecule is Cc1cc(C)c(C)c(S(=O)(=O)N2CCN([C@@H](C)C(=O)N3CCCCC3)CC2)c1C. The number of sulfonamides is 1. The molecule has 0 N–H and O–H groups in total. The number of rotatable bonds is 4. The lowest BCUT2D eigenvalue weighted by Crippen LogP contribution is -2.56. The van der Waals surface area contributed by atoms with Crippen molar-refractivity contribution in [2.45, 2.75) is 64.8 Å². The van der Waals surface area contributed by atoms with Gasteiger partial charge in [-0.15, -0.1) is 0 Å². The fourth-order valence-electron chi connectivity index (χ4n) is 4.56. The molecule has 6 nitrogen and oxygen atoms in total. The Morgan fingerprint density at radius 2 is 1.38 bits per heavy atom. The summed E-state index contributed by atoms with van der Waals surface area (Å²) in [6, 6.07) is 1.86. The average Bonchev–Trinajstić information content (AvgIpc) is 2.72. The van der Waals surface area contributed by atoms with Crippen molar-refractivity contribution in [3.63, 3.8) is 0 Å². The summed E-state index contributed by atoms with van der Waals surface area (Å²) in [6.45, 7) is 13.4. The van der Waals surface area contributed by atoms with Crippen LogP contribution >= 0.6 is 0 Å². The molecule has 2 aliphatic rings. The number of carbonyl (C=O) groups is 1. The second-order valence-corrected chi connectivity index (χ2v) is 10.5. The molecule has 1 atom stereocenters. The van der Waals surface area contributed by atoms with Crippen LogP contribution in [0, 0.1) is 27.7 Å². The van der Waals surface area contributed by atoms with Crippen molar-refractivity contribution in [3.8, 4) is 0 Å². The van der Waals surface area contributed by atoms with Crippen LogP contribution < -0.4 is 0 Å². The zero-order valence-corrected chi connectivity index (χ0v) is 19.3. The number of piperidine rings is 1. The molecule has 1 amide bonds. The van der Waals surface area contributed by atoms with Crippen molar-refractivity contribution in [2.75, 3.05) is 39.3 Å².